The Morgan fingerprint density at radius 2 is 1.81 bits per heavy atom. The van der Waals surface area contributed by atoms with E-state index in [0.29, 0.717) is 5.56 Å². The molecule has 2 aromatic carbocycles. The zero-order valence-corrected chi connectivity index (χ0v) is 19.8. The molecule has 0 fully saturated rings. The van der Waals surface area contributed by atoms with Crippen LogP contribution in [0.2, 0.25) is 0 Å². The van der Waals surface area contributed by atoms with Gasteiger partial charge in [-0.3, -0.25) is 19.3 Å². The molecule has 2 aliphatic rings. The molecule has 1 N–H and O–H groups in total. The molecule has 0 unspecified atom stereocenters. The van der Waals surface area contributed by atoms with Crippen molar-refractivity contribution in [2.75, 3.05) is 24.8 Å². The number of ether oxygens (including phenoxy) is 1. The molecule has 0 radical (unpaired) electrons. The highest BCUT2D eigenvalue weighted by atomic mass is 19.2. The number of aromatic nitrogens is 1. The van der Waals surface area contributed by atoms with Crippen molar-refractivity contribution in [3.05, 3.63) is 105 Å². The lowest BCUT2D eigenvalue weighted by Crippen LogP contribution is -2.55. The van der Waals surface area contributed by atoms with Crippen molar-refractivity contribution in [3.8, 4) is 11.5 Å². The van der Waals surface area contributed by atoms with Gasteiger partial charge in [-0.05, 0) is 35.3 Å². The third-order valence-electron chi connectivity index (χ3n) is 6.54. The number of benzene rings is 2. The number of halogens is 2. The molecular weight excluding hydrogens is 468 g/mol. The first kappa shape index (κ1) is 23.6. The molecule has 1 aromatic heterocycles. The number of pyridine rings is 1. The monoisotopic (exact) mass is 493 g/mol. The van der Waals surface area contributed by atoms with Crippen LogP contribution in [0.5, 0.6) is 11.5 Å². The predicted octanol–water partition coefficient (Wildman–Crippen LogP) is 4.05. The summed E-state index contributed by atoms with van der Waals surface area (Å²) in [5, 5.41) is 12.4. The van der Waals surface area contributed by atoms with E-state index in [1.807, 2.05) is 38.1 Å². The number of aromatic hydroxyl groups is 1. The molecule has 1 atom stereocenters. The molecule has 0 saturated carbocycles. The maximum Gasteiger partial charge on any atom is 0.278 e. The minimum absolute atomic E-state index is 0.0377. The van der Waals surface area contributed by atoms with Gasteiger partial charge >= 0.3 is 0 Å². The molecule has 2 bridgehead atoms. The second-order valence-corrected chi connectivity index (χ2v) is 9.08. The summed E-state index contributed by atoms with van der Waals surface area (Å²) in [6.45, 7) is 4.23. The van der Waals surface area contributed by atoms with E-state index in [1.54, 1.807) is 17.2 Å². The molecular formula is C27H25F2N3O4. The molecule has 1 amide bonds. The van der Waals surface area contributed by atoms with Crippen LogP contribution in [-0.4, -0.2) is 40.4 Å². The van der Waals surface area contributed by atoms with Gasteiger partial charge in [-0.25, -0.2) is 4.39 Å². The van der Waals surface area contributed by atoms with Gasteiger partial charge in [-0.1, -0.05) is 44.2 Å². The fraction of sp³-hybridized carbons (Fsp3) is 0.259. The fourth-order valence-corrected chi connectivity index (χ4v) is 4.82. The standard InChI is InChI=1S/C27H25F2N3O4/c1-16(2)17-7-3-4-8-18(17)23-19-9-10-20(28)22(29)26(19)36-14-6-5-12-30-15-32(23)31-13-11-21(33)25(34)24(31)27(30)35/h3-11,13,16,23,34H,12,14-15H2,1-2H3/b6-5-/t23-/m1/s1. The van der Waals surface area contributed by atoms with Gasteiger partial charge in [-0.15, -0.1) is 0 Å². The molecule has 36 heavy (non-hydrogen) atoms. The first-order valence-corrected chi connectivity index (χ1v) is 11.6. The van der Waals surface area contributed by atoms with E-state index in [0.717, 1.165) is 17.2 Å². The summed E-state index contributed by atoms with van der Waals surface area (Å²) in [7, 11) is 0. The molecule has 3 heterocycles. The third-order valence-corrected chi connectivity index (χ3v) is 6.54. The molecule has 186 valence electrons. The summed E-state index contributed by atoms with van der Waals surface area (Å²) >= 11 is 0. The Balaban J connectivity index is 1.87. The van der Waals surface area contributed by atoms with E-state index < -0.39 is 34.8 Å². The molecule has 0 saturated heterocycles. The summed E-state index contributed by atoms with van der Waals surface area (Å²) < 4.78 is 36.7. The highest BCUT2D eigenvalue weighted by molar-refractivity contribution is 5.96. The number of nitrogens with zero attached hydrogens (tertiary/aromatic N) is 3. The van der Waals surface area contributed by atoms with Crippen LogP contribution < -0.4 is 15.2 Å². The lowest BCUT2D eigenvalue weighted by molar-refractivity contribution is 0.0701. The van der Waals surface area contributed by atoms with E-state index in [-0.39, 0.29) is 37.2 Å². The first-order valence-electron chi connectivity index (χ1n) is 11.6. The topological polar surface area (TPSA) is 75.0 Å². The number of carbonyl (C=O) groups is 1. The highest BCUT2D eigenvalue weighted by Gasteiger charge is 2.38. The normalized spacial score (nSPS) is 18.2. The van der Waals surface area contributed by atoms with Crippen LogP contribution in [0.25, 0.3) is 0 Å². The Kier molecular flexibility index (Phi) is 5.99. The Bertz CT molecular complexity index is 1430. The van der Waals surface area contributed by atoms with Crippen molar-refractivity contribution in [1.82, 2.24) is 9.58 Å². The number of rotatable bonds is 2. The molecule has 3 aromatic rings. The van der Waals surface area contributed by atoms with Gasteiger partial charge in [-0.2, -0.15) is 4.39 Å². The lowest BCUT2D eigenvalue weighted by atomic mass is 9.88. The molecule has 7 nitrogen and oxygen atoms in total. The van der Waals surface area contributed by atoms with Gasteiger partial charge in [0.05, 0.1) is 0 Å². The van der Waals surface area contributed by atoms with E-state index in [1.165, 1.54) is 27.9 Å². The van der Waals surface area contributed by atoms with E-state index >= 15 is 4.39 Å². The Hall–Kier alpha value is -4.14. The van der Waals surface area contributed by atoms with Gasteiger partial charge in [0.25, 0.3) is 5.91 Å². The predicted molar refractivity (Wildman–Crippen MR) is 130 cm³/mol. The van der Waals surface area contributed by atoms with Crippen molar-refractivity contribution in [3.63, 3.8) is 0 Å². The summed E-state index contributed by atoms with van der Waals surface area (Å²) in [4.78, 5) is 27.1. The second kappa shape index (κ2) is 9.14. The van der Waals surface area contributed by atoms with Crippen LogP contribution in [0.15, 0.2) is 65.6 Å². The maximum atomic E-state index is 15.2. The van der Waals surface area contributed by atoms with E-state index in [4.69, 9.17) is 4.74 Å². The van der Waals surface area contributed by atoms with Crippen molar-refractivity contribution in [1.29, 1.82) is 0 Å². The number of fused-ring (bicyclic) bond motifs is 5. The Labute approximate surface area is 206 Å². The van der Waals surface area contributed by atoms with Crippen LogP contribution in [0, 0.1) is 11.6 Å². The first-order chi connectivity index (χ1) is 17.3. The minimum atomic E-state index is -1.11. The molecule has 0 spiro atoms. The maximum absolute atomic E-state index is 15.2. The van der Waals surface area contributed by atoms with Gasteiger partial charge in [0.15, 0.2) is 23.0 Å². The SMILES string of the molecule is CC(C)c1ccccc1[C@@H]1c2ccc(F)c(F)c2OC/C=C\CN2CN1n1ccc(=O)c(O)c1C2=O. The molecule has 2 aliphatic heterocycles. The Morgan fingerprint density at radius 1 is 1.03 bits per heavy atom. The van der Waals surface area contributed by atoms with Crippen LogP contribution in [0.1, 0.15) is 53.0 Å². The van der Waals surface area contributed by atoms with Gasteiger partial charge in [0.2, 0.25) is 11.2 Å². The zero-order chi connectivity index (χ0) is 25.6. The number of hydrogen-bond acceptors (Lipinski definition) is 5. The smallest absolute Gasteiger partial charge is 0.278 e. The summed E-state index contributed by atoms with van der Waals surface area (Å²) in [5.74, 6) is -3.50. The average molecular weight is 494 g/mol. The fourth-order valence-electron chi connectivity index (χ4n) is 4.82. The summed E-state index contributed by atoms with van der Waals surface area (Å²) in [6.07, 6.45) is 4.69. The third kappa shape index (κ3) is 3.80. The van der Waals surface area contributed by atoms with Gasteiger partial charge in [0.1, 0.15) is 19.3 Å². The quantitative estimate of drug-likeness (QED) is 0.546. The molecule has 9 heteroatoms. The highest BCUT2D eigenvalue weighted by Crippen LogP contribution is 2.41. The van der Waals surface area contributed by atoms with Crippen molar-refractivity contribution >= 4 is 5.91 Å². The number of carbonyl (C=O) groups excluding carboxylic acids is 1. The lowest BCUT2D eigenvalue weighted by Gasteiger charge is -2.44. The summed E-state index contributed by atoms with van der Waals surface area (Å²) in [6, 6.07) is 10.5. The largest absolute Gasteiger partial charge is 0.502 e. The molecule has 5 rings (SSSR count). The van der Waals surface area contributed by atoms with Crippen LogP contribution >= 0.6 is 0 Å². The number of amides is 1. The van der Waals surface area contributed by atoms with E-state index in [2.05, 4.69) is 0 Å². The van der Waals surface area contributed by atoms with Crippen molar-refractivity contribution in [2.45, 2.75) is 25.8 Å². The average Bonchev–Trinajstić information content (AvgIpc) is 2.89. The minimum Gasteiger partial charge on any atom is -0.502 e. The van der Waals surface area contributed by atoms with Gasteiger partial charge < -0.3 is 14.7 Å². The van der Waals surface area contributed by atoms with Crippen LogP contribution in [0.4, 0.5) is 8.78 Å². The number of hydrogen-bond donors (Lipinski definition) is 1. The van der Waals surface area contributed by atoms with Crippen molar-refractivity contribution in [2.24, 2.45) is 0 Å². The van der Waals surface area contributed by atoms with Gasteiger partial charge in [0, 0.05) is 24.4 Å². The summed E-state index contributed by atoms with van der Waals surface area (Å²) in [5.41, 5.74) is 1.21. The zero-order valence-electron chi connectivity index (χ0n) is 19.8. The Morgan fingerprint density at radius 3 is 2.58 bits per heavy atom. The van der Waals surface area contributed by atoms with Crippen LogP contribution in [-0.2, 0) is 0 Å². The van der Waals surface area contributed by atoms with Crippen LogP contribution in [0.3, 0.4) is 0 Å². The van der Waals surface area contributed by atoms with E-state index in [9.17, 15) is 19.1 Å². The molecule has 0 aliphatic carbocycles. The van der Waals surface area contributed by atoms with Crippen molar-refractivity contribution < 1.29 is 23.4 Å². The second-order valence-electron chi connectivity index (χ2n) is 9.08.